The van der Waals surface area contributed by atoms with Gasteiger partial charge in [-0.3, -0.25) is 13.7 Å². The first-order valence-corrected chi connectivity index (χ1v) is 8.30. The molecule has 0 saturated carbocycles. The van der Waals surface area contributed by atoms with Crippen molar-refractivity contribution in [3.63, 3.8) is 0 Å². The van der Waals surface area contributed by atoms with Gasteiger partial charge >= 0.3 is 34.6 Å². The van der Waals surface area contributed by atoms with Crippen molar-refractivity contribution in [3.8, 4) is 0 Å². The quantitative estimate of drug-likeness (QED) is 0.265. The molecule has 6 N–H and O–H groups in total. The zero-order chi connectivity index (χ0) is 16.1. The lowest BCUT2D eigenvalue weighted by atomic mass is 10.2. The first kappa shape index (κ1) is 18.6. The fraction of sp³-hybridized carbons (Fsp3) is 1.00. The van der Waals surface area contributed by atoms with Gasteiger partial charge in [0, 0.05) is 0 Å². The summed E-state index contributed by atoms with van der Waals surface area (Å²) in [6, 6.07) is 0. The fourth-order valence-electron chi connectivity index (χ4n) is 1.15. The molecule has 0 aromatic carbocycles. The van der Waals surface area contributed by atoms with E-state index in [2.05, 4.69) is 0 Å². The predicted molar refractivity (Wildman–Crippen MR) is 56.2 cm³/mol. The summed E-state index contributed by atoms with van der Waals surface area (Å²) in [6.07, 6.45) is -2.96. The first-order valence-electron chi connectivity index (χ1n) is 3.98. The van der Waals surface area contributed by atoms with Crippen molar-refractivity contribution in [1.82, 2.24) is 0 Å². The summed E-state index contributed by atoms with van der Waals surface area (Å²) in [5.74, 6) is 0. The average molecular weight is 346 g/mol. The van der Waals surface area contributed by atoms with E-state index in [4.69, 9.17) is 18.8 Å². The second-order valence-corrected chi connectivity index (χ2v) is 8.29. The highest BCUT2D eigenvalue weighted by Crippen LogP contribution is 2.38. The van der Waals surface area contributed by atoms with Crippen LogP contribution in [0, 0.1) is 0 Å². The molecular weight excluding hydrogens is 336 g/mol. The summed E-state index contributed by atoms with van der Waals surface area (Å²) in [5, 5.41) is 27.7. The molecule has 19 heavy (non-hydrogen) atoms. The second-order valence-electron chi connectivity index (χ2n) is 3.38. The van der Waals surface area contributed by atoms with Crippen LogP contribution in [0.2, 0.25) is 0 Å². The van der Waals surface area contributed by atoms with Crippen LogP contribution in [0.25, 0.3) is 0 Å². The molecule has 0 aromatic rings. The van der Waals surface area contributed by atoms with Crippen LogP contribution in [0.4, 0.5) is 0 Å². The summed E-state index contributed by atoms with van der Waals surface area (Å²) in [6.45, 7) is 0.259. The molecule has 0 radical (unpaired) electrons. The van der Waals surface area contributed by atoms with Gasteiger partial charge in [-0.25, -0.2) is 0 Å². The van der Waals surface area contributed by atoms with Crippen molar-refractivity contribution < 1.29 is 54.2 Å². The Labute approximate surface area is 107 Å². The fourth-order valence-corrected chi connectivity index (χ4v) is 5.31. The van der Waals surface area contributed by atoms with E-state index in [1.807, 2.05) is 0 Å². The molecule has 0 bridgehead atoms. The summed E-state index contributed by atoms with van der Waals surface area (Å²) >= 11 is 0. The molecule has 0 fully saturated rings. The summed E-state index contributed by atoms with van der Waals surface area (Å²) in [7, 11) is -19.1. The Morgan fingerprint density at radius 1 is 0.789 bits per heavy atom. The summed E-state index contributed by atoms with van der Waals surface area (Å²) in [4.78, 5) is -4.78. The summed E-state index contributed by atoms with van der Waals surface area (Å²) < 4.78 is 85.5. The number of hydrogen-bond acceptors (Lipinski definition) is 9. The van der Waals surface area contributed by atoms with Gasteiger partial charge in [0.1, 0.15) is 6.10 Å². The molecule has 0 aliphatic heterocycles. The highest BCUT2D eigenvalue weighted by molar-refractivity contribution is 8.06. The SMILES string of the molecule is CC(O)C(O)(C(O)(S(=O)(=O)O)S(=O)(=O)O)S(=O)(=O)O. The second kappa shape index (κ2) is 4.57. The monoisotopic (exact) mass is 346 g/mol. The topological polar surface area (TPSA) is 224 Å². The molecule has 0 aliphatic rings. The number of aliphatic hydroxyl groups excluding tert-OH is 1. The molecule has 2 unspecified atom stereocenters. The van der Waals surface area contributed by atoms with E-state index in [9.17, 15) is 35.5 Å². The molecule has 0 aliphatic carbocycles. The molecule has 15 heteroatoms. The number of aliphatic hydroxyl groups is 3. The van der Waals surface area contributed by atoms with Crippen LogP contribution in [-0.2, 0) is 30.4 Å². The van der Waals surface area contributed by atoms with E-state index in [1.54, 1.807) is 0 Å². The van der Waals surface area contributed by atoms with Gasteiger partial charge in [-0.1, -0.05) is 0 Å². The molecule has 12 nitrogen and oxygen atoms in total. The molecule has 0 saturated heterocycles. The Morgan fingerprint density at radius 2 is 1.05 bits per heavy atom. The van der Waals surface area contributed by atoms with Crippen LogP contribution in [-0.4, -0.2) is 69.5 Å². The normalized spacial score (nSPS) is 19.7. The van der Waals surface area contributed by atoms with E-state index in [0.29, 0.717) is 0 Å². The van der Waals surface area contributed by atoms with E-state index in [0.717, 1.165) is 0 Å². The van der Waals surface area contributed by atoms with Crippen molar-refractivity contribution in [2.24, 2.45) is 0 Å². The highest BCUT2D eigenvalue weighted by Gasteiger charge is 2.76. The predicted octanol–water partition coefficient (Wildman–Crippen LogP) is -3.63. The molecule has 0 spiro atoms. The largest absolute Gasteiger partial charge is 0.389 e. The lowest BCUT2D eigenvalue weighted by Gasteiger charge is -2.37. The van der Waals surface area contributed by atoms with Crippen molar-refractivity contribution in [3.05, 3.63) is 0 Å². The number of rotatable bonds is 5. The van der Waals surface area contributed by atoms with Gasteiger partial charge in [0.15, 0.2) is 0 Å². The number of hydrogen-bond donors (Lipinski definition) is 6. The lowest BCUT2D eigenvalue weighted by molar-refractivity contribution is -0.0804. The third-order valence-corrected chi connectivity index (χ3v) is 7.08. The van der Waals surface area contributed by atoms with Crippen LogP contribution < -0.4 is 0 Å². The van der Waals surface area contributed by atoms with E-state index in [1.165, 1.54) is 0 Å². The van der Waals surface area contributed by atoms with Gasteiger partial charge < -0.3 is 15.3 Å². The average Bonchev–Trinajstić information content (AvgIpc) is 2.09. The van der Waals surface area contributed by atoms with Crippen molar-refractivity contribution in [1.29, 1.82) is 0 Å². The van der Waals surface area contributed by atoms with E-state index in [-0.39, 0.29) is 6.92 Å². The molecule has 0 heterocycles. The molecule has 0 rings (SSSR count). The van der Waals surface area contributed by atoms with Crippen LogP contribution in [0.3, 0.4) is 0 Å². The lowest BCUT2D eigenvalue weighted by Crippen LogP contribution is -2.71. The Morgan fingerprint density at radius 3 is 1.11 bits per heavy atom. The minimum absolute atomic E-state index is 0.259. The van der Waals surface area contributed by atoms with Crippen molar-refractivity contribution in [2.45, 2.75) is 22.2 Å². The Kier molecular flexibility index (Phi) is 4.47. The third-order valence-electron chi connectivity index (χ3n) is 2.11. The third kappa shape index (κ3) is 2.48. The highest BCUT2D eigenvalue weighted by atomic mass is 32.3. The van der Waals surface area contributed by atoms with Crippen LogP contribution in [0.5, 0.6) is 0 Å². The van der Waals surface area contributed by atoms with Crippen LogP contribution >= 0.6 is 0 Å². The minimum atomic E-state index is -6.44. The Bertz CT molecular complexity index is 620. The van der Waals surface area contributed by atoms with Gasteiger partial charge in [-0.05, 0) is 6.92 Å². The van der Waals surface area contributed by atoms with E-state index >= 15 is 0 Å². The first-order chi connectivity index (χ1) is 7.94. The van der Waals surface area contributed by atoms with Gasteiger partial charge in [0.25, 0.3) is 4.93 Å². The molecule has 0 amide bonds. The Balaban J connectivity index is 7.03. The molecular formula is C4H10O12S3. The zero-order valence-electron chi connectivity index (χ0n) is 8.93. The molecule has 116 valence electrons. The Hall–Kier alpha value is -0.390. The zero-order valence-corrected chi connectivity index (χ0v) is 11.4. The minimum Gasteiger partial charge on any atom is -0.389 e. The van der Waals surface area contributed by atoms with Gasteiger partial charge in [-0.2, -0.15) is 25.3 Å². The van der Waals surface area contributed by atoms with Crippen molar-refractivity contribution in [2.75, 3.05) is 0 Å². The maximum Gasteiger partial charge on any atom is 0.367 e. The van der Waals surface area contributed by atoms with Crippen LogP contribution in [0.1, 0.15) is 6.92 Å². The van der Waals surface area contributed by atoms with Gasteiger partial charge in [0.05, 0.1) is 0 Å². The maximum atomic E-state index is 10.9. The molecule has 0 aromatic heterocycles. The maximum absolute atomic E-state index is 10.9. The van der Waals surface area contributed by atoms with E-state index < -0.39 is 45.7 Å². The standard InChI is InChI=1S/C4H10O12S3/c1-2(5)3(6,17(8,9)10)4(7,18(11,12)13)19(14,15)16/h2,5-7H,1H3,(H,8,9,10)(H,11,12,13)(H,14,15,16). The smallest absolute Gasteiger partial charge is 0.367 e. The van der Waals surface area contributed by atoms with Gasteiger partial charge in [0.2, 0.25) is 0 Å². The van der Waals surface area contributed by atoms with Crippen molar-refractivity contribution >= 4 is 30.4 Å². The summed E-state index contributed by atoms with van der Waals surface area (Å²) in [5.41, 5.74) is 0. The molecule has 2 atom stereocenters. The van der Waals surface area contributed by atoms with Gasteiger partial charge in [-0.15, -0.1) is 0 Å². The van der Waals surface area contributed by atoms with Crippen LogP contribution in [0.15, 0.2) is 0 Å².